The Morgan fingerprint density at radius 3 is 2.68 bits per heavy atom. The molecule has 0 atom stereocenters. The molecular weight excluding hydrogens is 474 g/mol. The summed E-state index contributed by atoms with van der Waals surface area (Å²) in [6.45, 7) is 4.20. The van der Waals surface area contributed by atoms with Crippen LogP contribution in [0.5, 0.6) is 5.75 Å². The average molecular weight is 504 g/mol. The summed E-state index contributed by atoms with van der Waals surface area (Å²) in [5, 5.41) is 13.5. The molecule has 1 aromatic carbocycles. The normalized spacial score (nSPS) is 14.3. The van der Waals surface area contributed by atoms with Crippen LogP contribution in [0.1, 0.15) is 42.2 Å². The third kappa shape index (κ3) is 5.16. The molecule has 192 valence electrons. The zero-order chi connectivity index (χ0) is 25.9. The van der Waals surface area contributed by atoms with E-state index >= 15 is 0 Å². The molecule has 11 heteroatoms. The highest BCUT2D eigenvalue weighted by Crippen LogP contribution is 2.25. The van der Waals surface area contributed by atoms with Gasteiger partial charge < -0.3 is 19.7 Å². The molecule has 0 unspecified atom stereocenters. The van der Waals surface area contributed by atoms with Gasteiger partial charge in [0.1, 0.15) is 17.1 Å². The van der Waals surface area contributed by atoms with E-state index in [2.05, 4.69) is 31.9 Å². The second-order valence-corrected chi connectivity index (χ2v) is 9.28. The van der Waals surface area contributed by atoms with E-state index in [9.17, 15) is 9.59 Å². The highest BCUT2D eigenvalue weighted by atomic mass is 16.5. The Morgan fingerprint density at radius 1 is 1.22 bits per heavy atom. The highest BCUT2D eigenvalue weighted by molar-refractivity contribution is 5.86. The number of nitrogens with one attached hydrogen (secondary N) is 1. The van der Waals surface area contributed by atoms with Crippen LogP contribution in [0.2, 0.25) is 0 Å². The first-order valence-electron chi connectivity index (χ1n) is 12.4. The van der Waals surface area contributed by atoms with Crippen molar-refractivity contribution in [2.75, 3.05) is 24.6 Å². The number of aromatic nitrogens is 6. The molecule has 5 rings (SSSR count). The number of aromatic carboxylic acids is 1. The first-order valence-corrected chi connectivity index (χ1v) is 12.4. The third-order valence-electron chi connectivity index (χ3n) is 6.63. The van der Waals surface area contributed by atoms with E-state index in [-0.39, 0.29) is 11.1 Å². The van der Waals surface area contributed by atoms with Gasteiger partial charge in [0, 0.05) is 38.1 Å². The second-order valence-electron chi connectivity index (χ2n) is 9.28. The van der Waals surface area contributed by atoms with E-state index in [1.165, 1.54) is 12.4 Å². The van der Waals surface area contributed by atoms with Crippen molar-refractivity contribution in [2.24, 2.45) is 13.0 Å². The summed E-state index contributed by atoms with van der Waals surface area (Å²) in [6.07, 6.45) is 6.18. The first-order chi connectivity index (χ1) is 17.9. The molecule has 0 amide bonds. The largest absolute Gasteiger partial charge is 0.493 e. The Morgan fingerprint density at radius 2 is 1.97 bits per heavy atom. The van der Waals surface area contributed by atoms with Crippen molar-refractivity contribution in [3.8, 4) is 17.1 Å². The molecule has 1 aliphatic rings. The average Bonchev–Trinajstić information content (AvgIpc) is 3.23. The SMILES string of the molecule is CCCc1nn(C)c2c(=O)[nH]c(-c3cccc(OCC4CCN(c5ncc(C(=O)O)cn5)CC4)c3)nc12. The minimum Gasteiger partial charge on any atom is -0.493 e. The number of ether oxygens (including phenoxy) is 1. The summed E-state index contributed by atoms with van der Waals surface area (Å²) in [6, 6.07) is 7.60. The standard InChI is InChI=1S/C26H29N7O4/c1-3-5-20-21-22(32(2)31-20)24(34)30-23(29-21)17-6-4-7-19(12-17)37-15-16-8-10-33(11-9-16)26-27-13-18(14-28-26)25(35)36/h4,6-7,12-14,16H,3,5,8-11,15H2,1-2H3,(H,35,36)(H,29,30,34). The predicted octanol–water partition coefficient (Wildman–Crippen LogP) is 3.06. The van der Waals surface area contributed by atoms with Crippen molar-refractivity contribution in [1.82, 2.24) is 29.7 Å². The van der Waals surface area contributed by atoms with Gasteiger partial charge >= 0.3 is 5.97 Å². The Balaban J connectivity index is 1.23. The summed E-state index contributed by atoms with van der Waals surface area (Å²) in [7, 11) is 1.76. The molecule has 0 saturated carbocycles. The van der Waals surface area contributed by atoms with E-state index in [4.69, 9.17) is 14.8 Å². The number of hydrogen-bond acceptors (Lipinski definition) is 8. The Bertz CT molecular complexity index is 1470. The van der Waals surface area contributed by atoms with E-state index in [0.717, 1.165) is 55.8 Å². The monoisotopic (exact) mass is 503 g/mol. The fourth-order valence-corrected chi connectivity index (χ4v) is 4.63. The minimum absolute atomic E-state index is 0.0790. The Kier molecular flexibility index (Phi) is 6.85. The van der Waals surface area contributed by atoms with Gasteiger partial charge in [-0.1, -0.05) is 25.5 Å². The van der Waals surface area contributed by atoms with Gasteiger partial charge in [0.2, 0.25) is 5.95 Å². The number of fused-ring (bicyclic) bond motifs is 1. The van der Waals surface area contributed by atoms with Gasteiger partial charge in [-0.2, -0.15) is 5.10 Å². The van der Waals surface area contributed by atoms with E-state index in [1.807, 2.05) is 24.3 Å². The van der Waals surface area contributed by atoms with Gasteiger partial charge in [-0.15, -0.1) is 0 Å². The van der Waals surface area contributed by atoms with E-state index in [1.54, 1.807) is 11.7 Å². The van der Waals surface area contributed by atoms with Crippen molar-refractivity contribution in [3.05, 3.63) is 58.3 Å². The van der Waals surface area contributed by atoms with E-state index in [0.29, 0.717) is 35.3 Å². The van der Waals surface area contributed by atoms with Crippen molar-refractivity contribution in [2.45, 2.75) is 32.6 Å². The van der Waals surface area contributed by atoms with Crippen molar-refractivity contribution >= 4 is 23.0 Å². The number of H-pyrrole nitrogens is 1. The van der Waals surface area contributed by atoms with Crippen LogP contribution < -0.4 is 15.2 Å². The summed E-state index contributed by atoms with van der Waals surface area (Å²) in [4.78, 5) is 41.9. The summed E-state index contributed by atoms with van der Waals surface area (Å²) in [5.41, 5.74) is 2.60. The fourth-order valence-electron chi connectivity index (χ4n) is 4.63. The van der Waals surface area contributed by atoms with Crippen LogP contribution in [0.25, 0.3) is 22.4 Å². The number of aryl methyl sites for hydroxylation is 2. The molecule has 0 aliphatic carbocycles. The minimum atomic E-state index is -1.03. The molecule has 4 heterocycles. The van der Waals surface area contributed by atoms with Gasteiger partial charge in [-0.25, -0.2) is 19.7 Å². The maximum Gasteiger partial charge on any atom is 0.338 e. The van der Waals surface area contributed by atoms with Crippen LogP contribution in [0.3, 0.4) is 0 Å². The number of rotatable bonds is 8. The number of piperidine rings is 1. The molecule has 0 spiro atoms. The molecule has 37 heavy (non-hydrogen) atoms. The number of carboxylic acids is 1. The number of nitrogens with zero attached hydrogens (tertiary/aromatic N) is 6. The lowest BCUT2D eigenvalue weighted by atomic mass is 9.98. The van der Waals surface area contributed by atoms with Crippen molar-refractivity contribution in [3.63, 3.8) is 0 Å². The van der Waals surface area contributed by atoms with Crippen LogP contribution in [-0.4, -0.2) is 60.5 Å². The fraction of sp³-hybridized carbons (Fsp3) is 0.385. The third-order valence-corrected chi connectivity index (χ3v) is 6.63. The molecule has 1 saturated heterocycles. The number of benzene rings is 1. The Labute approximate surface area is 213 Å². The number of carboxylic acid groups (broad SMARTS) is 1. The van der Waals surface area contributed by atoms with Gasteiger partial charge in [0.15, 0.2) is 5.52 Å². The van der Waals surface area contributed by atoms with Crippen molar-refractivity contribution < 1.29 is 14.6 Å². The molecule has 11 nitrogen and oxygen atoms in total. The van der Waals surface area contributed by atoms with Gasteiger partial charge in [0.05, 0.1) is 17.9 Å². The van der Waals surface area contributed by atoms with Gasteiger partial charge in [0.25, 0.3) is 5.56 Å². The summed E-state index contributed by atoms with van der Waals surface area (Å²) >= 11 is 0. The molecule has 2 N–H and O–H groups in total. The second kappa shape index (κ2) is 10.4. The zero-order valence-corrected chi connectivity index (χ0v) is 20.8. The molecule has 0 bridgehead atoms. The zero-order valence-electron chi connectivity index (χ0n) is 20.8. The van der Waals surface area contributed by atoms with Crippen LogP contribution in [0.15, 0.2) is 41.5 Å². The maximum absolute atomic E-state index is 12.8. The topological polar surface area (TPSA) is 139 Å². The number of hydrogen-bond donors (Lipinski definition) is 2. The van der Waals surface area contributed by atoms with E-state index < -0.39 is 5.97 Å². The molecule has 1 aliphatic heterocycles. The number of aromatic amines is 1. The lowest BCUT2D eigenvalue weighted by molar-refractivity contribution is 0.0696. The smallest absolute Gasteiger partial charge is 0.338 e. The highest BCUT2D eigenvalue weighted by Gasteiger charge is 2.22. The lowest BCUT2D eigenvalue weighted by Gasteiger charge is -2.31. The molecule has 4 aromatic rings. The van der Waals surface area contributed by atoms with Gasteiger partial charge in [-0.05, 0) is 37.3 Å². The molecular formula is C26H29N7O4. The summed E-state index contributed by atoms with van der Waals surface area (Å²) in [5.74, 6) is 1.10. The lowest BCUT2D eigenvalue weighted by Crippen LogP contribution is -2.36. The predicted molar refractivity (Wildman–Crippen MR) is 138 cm³/mol. The van der Waals surface area contributed by atoms with Crippen LogP contribution in [0.4, 0.5) is 5.95 Å². The van der Waals surface area contributed by atoms with Crippen LogP contribution in [-0.2, 0) is 13.5 Å². The number of carbonyl (C=O) groups is 1. The maximum atomic E-state index is 12.8. The Hall–Kier alpha value is -4.28. The number of anilines is 1. The molecule has 1 fully saturated rings. The quantitative estimate of drug-likeness (QED) is 0.371. The van der Waals surface area contributed by atoms with Crippen molar-refractivity contribution in [1.29, 1.82) is 0 Å². The van der Waals surface area contributed by atoms with Crippen LogP contribution >= 0.6 is 0 Å². The molecule has 0 radical (unpaired) electrons. The first kappa shape index (κ1) is 24.4. The molecule has 3 aromatic heterocycles. The van der Waals surface area contributed by atoms with Gasteiger partial charge in [-0.3, -0.25) is 9.48 Å². The van der Waals surface area contributed by atoms with Crippen LogP contribution in [0, 0.1) is 5.92 Å². The summed E-state index contributed by atoms with van der Waals surface area (Å²) < 4.78 is 7.72.